The van der Waals surface area contributed by atoms with Crippen LogP contribution in [0.25, 0.3) is 0 Å². The highest BCUT2D eigenvalue weighted by atomic mass is 16.5. The Balaban J connectivity index is 1.70. The second kappa shape index (κ2) is 7.20. The van der Waals surface area contributed by atoms with Crippen molar-refractivity contribution in [3.05, 3.63) is 23.9 Å². The minimum Gasteiger partial charge on any atom is -0.383 e. The number of fused-ring (bicyclic) bond motifs is 1. The van der Waals surface area contributed by atoms with Crippen LogP contribution >= 0.6 is 0 Å². The maximum absolute atomic E-state index is 5.51. The van der Waals surface area contributed by atoms with Crippen molar-refractivity contribution in [2.45, 2.75) is 13.0 Å². The highest BCUT2D eigenvalue weighted by molar-refractivity contribution is 5.47. The summed E-state index contributed by atoms with van der Waals surface area (Å²) in [5.41, 5.74) is 1.32. The van der Waals surface area contributed by atoms with Crippen molar-refractivity contribution in [2.24, 2.45) is 5.92 Å². The van der Waals surface area contributed by atoms with E-state index in [-0.39, 0.29) is 0 Å². The molecule has 1 aromatic heterocycles. The Bertz CT molecular complexity index is 449. The molecule has 116 valence electrons. The summed E-state index contributed by atoms with van der Waals surface area (Å²) in [7, 11) is 1.75. The van der Waals surface area contributed by atoms with Gasteiger partial charge in [-0.1, -0.05) is 6.07 Å². The maximum Gasteiger partial charge on any atom is 0.133 e. The van der Waals surface area contributed by atoms with Crippen LogP contribution in [0.2, 0.25) is 0 Å². The smallest absolute Gasteiger partial charge is 0.133 e. The molecule has 0 saturated carbocycles. The van der Waals surface area contributed by atoms with E-state index in [2.05, 4.69) is 20.9 Å². The van der Waals surface area contributed by atoms with Gasteiger partial charge >= 0.3 is 0 Å². The molecular weight excluding hydrogens is 266 g/mol. The van der Waals surface area contributed by atoms with E-state index in [9.17, 15) is 0 Å². The molecule has 21 heavy (non-hydrogen) atoms. The summed E-state index contributed by atoms with van der Waals surface area (Å²) in [6.45, 7) is 7.71. The third-order valence-corrected chi connectivity index (χ3v) is 4.35. The van der Waals surface area contributed by atoms with Crippen LogP contribution in [0.4, 0.5) is 5.82 Å². The summed E-state index contributed by atoms with van der Waals surface area (Å²) in [5.74, 6) is 1.82. The van der Waals surface area contributed by atoms with Gasteiger partial charge < -0.3 is 14.4 Å². The van der Waals surface area contributed by atoms with E-state index in [1.54, 1.807) is 7.11 Å². The topological polar surface area (TPSA) is 37.8 Å². The summed E-state index contributed by atoms with van der Waals surface area (Å²) >= 11 is 0. The summed E-state index contributed by atoms with van der Waals surface area (Å²) in [6.07, 6.45) is 3.09. The molecule has 3 rings (SSSR count). The lowest BCUT2D eigenvalue weighted by Gasteiger charge is -2.24. The lowest BCUT2D eigenvalue weighted by atomic mass is 10.1. The Kier molecular flexibility index (Phi) is 5.06. The number of nitrogens with zero attached hydrogens (tertiary/aromatic N) is 3. The Morgan fingerprint density at radius 3 is 3.19 bits per heavy atom. The molecule has 0 aromatic carbocycles. The fraction of sp³-hybridized carbons (Fsp3) is 0.688. The van der Waals surface area contributed by atoms with Gasteiger partial charge in [0, 0.05) is 58.2 Å². The molecule has 5 heteroatoms. The SMILES string of the molecule is COCCN1CCN(C[C@@H]2CCOC2)Cc2cccnc21. The van der Waals surface area contributed by atoms with E-state index in [4.69, 9.17) is 9.47 Å². The van der Waals surface area contributed by atoms with Crippen LogP contribution in [0.15, 0.2) is 18.3 Å². The molecule has 3 heterocycles. The predicted octanol–water partition coefficient (Wildman–Crippen LogP) is 1.39. The summed E-state index contributed by atoms with van der Waals surface area (Å²) in [4.78, 5) is 9.50. The minimum absolute atomic E-state index is 0.690. The number of anilines is 1. The van der Waals surface area contributed by atoms with Crippen molar-refractivity contribution < 1.29 is 9.47 Å². The zero-order valence-corrected chi connectivity index (χ0v) is 12.8. The molecule has 0 aliphatic carbocycles. The van der Waals surface area contributed by atoms with Gasteiger partial charge in [-0.3, -0.25) is 4.90 Å². The van der Waals surface area contributed by atoms with Crippen LogP contribution in [-0.2, 0) is 16.0 Å². The van der Waals surface area contributed by atoms with Gasteiger partial charge in [0.2, 0.25) is 0 Å². The molecule has 1 aromatic rings. The Labute approximate surface area is 126 Å². The van der Waals surface area contributed by atoms with Gasteiger partial charge in [0.05, 0.1) is 13.2 Å². The molecule has 0 N–H and O–H groups in total. The summed E-state index contributed by atoms with van der Waals surface area (Å²) < 4.78 is 10.7. The lowest BCUT2D eigenvalue weighted by Crippen LogP contribution is -2.35. The van der Waals surface area contributed by atoms with E-state index in [0.717, 1.165) is 58.4 Å². The van der Waals surface area contributed by atoms with Crippen molar-refractivity contribution in [3.8, 4) is 0 Å². The highest BCUT2D eigenvalue weighted by Crippen LogP contribution is 2.24. The van der Waals surface area contributed by atoms with Crippen molar-refractivity contribution in [3.63, 3.8) is 0 Å². The van der Waals surface area contributed by atoms with Gasteiger partial charge in [0.1, 0.15) is 5.82 Å². The zero-order valence-electron chi connectivity index (χ0n) is 12.8. The fourth-order valence-electron chi connectivity index (χ4n) is 3.19. The second-order valence-electron chi connectivity index (χ2n) is 5.93. The quantitative estimate of drug-likeness (QED) is 0.819. The van der Waals surface area contributed by atoms with Crippen LogP contribution in [0, 0.1) is 5.92 Å². The first-order chi connectivity index (χ1) is 10.4. The van der Waals surface area contributed by atoms with Crippen molar-refractivity contribution >= 4 is 5.82 Å². The minimum atomic E-state index is 0.690. The Morgan fingerprint density at radius 2 is 2.38 bits per heavy atom. The number of methoxy groups -OCH3 is 1. The van der Waals surface area contributed by atoms with Gasteiger partial charge in [-0.15, -0.1) is 0 Å². The summed E-state index contributed by atoms with van der Waals surface area (Å²) in [5, 5.41) is 0. The second-order valence-corrected chi connectivity index (χ2v) is 5.93. The normalized spacial score (nSPS) is 23.1. The van der Waals surface area contributed by atoms with Crippen molar-refractivity contribution in [2.75, 3.05) is 58.0 Å². The van der Waals surface area contributed by atoms with Crippen LogP contribution in [0.3, 0.4) is 0 Å². The first-order valence-corrected chi connectivity index (χ1v) is 7.84. The standard InChI is InChI=1S/C16H25N3O2/c1-20-10-8-19-7-6-18(11-14-4-9-21-13-14)12-15-3-2-5-17-16(15)19/h2-3,5,14H,4,6-13H2,1H3/t14-/m0/s1. The van der Waals surface area contributed by atoms with E-state index in [0.29, 0.717) is 5.92 Å². The average molecular weight is 291 g/mol. The number of hydrogen-bond acceptors (Lipinski definition) is 5. The van der Waals surface area contributed by atoms with E-state index < -0.39 is 0 Å². The van der Waals surface area contributed by atoms with Crippen LogP contribution in [0.1, 0.15) is 12.0 Å². The monoisotopic (exact) mass is 291 g/mol. The molecule has 5 nitrogen and oxygen atoms in total. The number of aromatic nitrogens is 1. The van der Waals surface area contributed by atoms with Gasteiger partial charge in [-0.2, -0.15) is 0 Å². The molecule has 0 unspecified atom stereocenters. The molecule has 2 aliphatic rings. The zero-order chi connectivity index (χ0) is 14.5. The van der Waals surface area contributed by atoms with Gasteiger partial charge in [0.15, 0.2) is 0 Å². The maximum atomic E-state index is 5.51. The molecular formula is C16H25N3O2. The van der Waals surface area contributed by atoms with E-state index in [1.807, 2.05) is 12.3 Å². The summed E-state index contributed by atoms with van der Waals surface area (Å²) in [6, 6.07) is 4.24. The largest absolute Gasteiger partial charge is 0.383 e. The van der Waals surface area contributed by atoms with Gasteiger partial charge in [0.25, 0.3) is 0 Å². The number of pyridine rings is 1. The fourth-order valence-corrected chi connectivity index (χ4v) is 3.19. The van der Waals surface area contributed by atoms with Gasteiger partial charge in [-0.25, -0.2) is 4.98 Å². The molecule has 0 radical (unpaired) electrons. The molecule has 0 bridgehead atoms. The van der Waals surface area contributed by atoms with E-state index >= 15 is 0 Å². The third kappa shape index (κ3) is 3.73. The third-order valence-electron chi connectivity index (χ3n) is 4.35. The Morgan fingerprint density at radius 1 is 1.43 bits per heavy atom. The first-order valence-electron chi connectivity index (χ1n) is 7.84. The van der Waals surface area contributed by atoms with Crippen molar-refractivity contribution in [1.82, 2.24) is 9.88 Å². The van der Waals surface area contributed by atoms with Crippen LogP contribution in [0.5, 0.6) is 0 Å². The first kappa shape index (κ1) is 14.8. The molecule has 0 amide bonds. The van der Waals surface area contributed by atoms with Gasteiger partial charge in [-0.05, 0) is 18.4 Å². The van der Waals surface area contributed by atoms with Crippen molar-refractivity contribution in [1.29, 1.82) is 0 Å². The number of ether oxygens (including phenoxy) is 2. The molecule has 1 saturated heterocycles. The molecule has 0 spiro atoms. The number of rotatable bonds is 5. The van der Waals surface area contributed by atoms with Crippen LogP contribution < -0.4 is 4.90 Å². The molecule has 1 fully saturated rings. The molecule has 2 aliphatic heterocycles. The molecule has 1 atom stereocenters. The van der Waals surface area contributed by atoms with E-state index in [1.165, 1.54) is 12.0 Å². The lowest BCUT2D eigenvalue weighted by molar-refractivity contribution is 0.166. The van der Waals surface area contributed by atoms with Crippen LogP contribution in [-0.4, -0.2) is 63.0 Å². The highest BCUT2D eigenvalue weighted by Gasteiger charge is 2.24. The number of hydrogen-bond donors (Lipinski definition) is 0. The average Bonchev–Trinajstić information content (AvgIpc) is 2.94. The predicted molar refractivity (Wildman–Crippen MR) is 82.5 cm³/mol. The Hall–Kier alpha value is -1.17.